The SMILES string of the molecule is Cc1cccc(NC(=O)COc2ccnc3c2CCCC3)c1C. The zero-order valence-corrected chi connectivity index (χ0v) is 13.7. The molecule has 1 amide bonds. The number of anilines is 1. The number of aryl methyl sites for hydroxylation is 2. The minimum Gasteiger partial charge on any atom is -0.483 e. The van der Waals surface area contributed by atoms with Crippen LogP contribution in [0.2, 0.25) is 0 Å². The zero-order valence-electron chi connectivity index (χ0n) is 13.7. The van der Waals surface area contributed by atoms with Crippen molar-refractivity contribution in [3.63, 3.8) is 0 Å². The van der Waals surface area contributed by atoms with Gasteiger partial charge in [0.1, 0.15) is 5.75 Å². The highest BCUT2D eigenvalue weighted by Gasteiger charge is 2.16. The van der Waals surface area contributed by atoms with E-state index in [2.05, 4.69) is 10.3 Å². The van der Waals surface area contributed by atoms with Crippen LogP contribution in [0, 0.1) is 13.8 Å². The topological polar surface area (TPSA) is 51.2 Å². The van der Waals surface area contributed by atoms with Crippen molar-refractivity contribution in [1.82, 2.24) is 4.98 Å². The highest BCUT2D eigenvalue weighted by atomic mass is 16.5. The number of aromatic nitrogens is 1. The van der Waals surface area contributed by atoms with Crippen LogP contribution < -0.4 is 10.1 Å². The summed E-state index contributed by atoms with van der Waals surface area (Å²) in [5, 5.41) is 2.92. The van der Waals surface area contributed by atoms with Crippen LogP contribution >= 0.6 is 0 Å². The van der Waals surface area contributed by atoms with E-state index >= 15 is 0 Å². The van der Waals surface area contributed by atoms with Gasteiger partial charge in [-0.1, -0.05) is 12.1 Å². The normalized spacial score (nSPS) is 13.3. The summed E-state index contributed by atoms with van der Waals surface area (Å²) < 4.78 is 5.76. The van der Waals surface area contributed by atoms with Crippen LogP contribution in [-0.2, 0) is 17.6 Å². The van der Waals surface area contributed by atoms with Gasteiger partial charge in [-0.2, -0.15) is 0 Å². The fraction of sp³-hybridized carbons (Fsp3) is 0.368. The Morgan fingerprint density at radius 3 is 2.91 bits per heavy atom. The van der Waals surface area contributed by atoms with Crippen LogP contribution in [0.1, 0.15) is 35.2 Å². The van der Waals surface area contributed by atoms with Crippen molar-refractivity contribution < 1.29 is 9.53 Å². The van der Waals surface area contributed by atoms with Gasteiger partial charge in [-0.05, 0) is 62.8 Å². The second kappa shape index (κ2) is 6.82. The quantitative estimate of drug-likeness (QED) is 0.939. The molecular weight excluding hydrogens is 288 g/mol. The first kappa shape index (κ1) is 15.5. The molecule has 1 N–H and O–H groups in total. The molecule has 0 bridgehead atoms. The molecule has 0 saturated carbocycles. The third kappa shape index (κ3) is 3.52. The Kier molecular flexibility index (Phi) is 4.60. The predicted molar refractivity (Wildman–Crippen MR) is 90.9 cm³/mol. The van der Waals surface area contributed by atoms with E-state index < -0.39 is 0 Å². The Hall–Kier alpha value is -2.36. The molecule has 0 atom stereocenters. The lowest BCUT2D eigenvalue weighted by molar-refractivity contribution is -0.118. The summed E-state index contributed by atoms with van der Waals surface area (Å²) in [6.07, 6.45) is 6.08. The average Bonchev–Trinajstić information content (AvgIpc) is 2.57. The van der Waals surface area contributed by atoms with E-state index in [1.165, 1.54) is 12.0 Å². The minimum atomic E-state index is -0.139. The molecule has 0 aliphatic heterocycles. The molecule has 120 valence electrons. The average molecular weight is 310 g/mol. The van der Waals surface area contributed by atoms with Crippen molar-refractivity contribution in [1.29, 1.82) is 0 Å². The van der Waals surface area contributed by atoms with Gasteiger partial charge in [-0.25, -0.2) is 0 Å². The van der Waals surface area contributed by atoms with E-state index in [0.717, 1.165) is 47.5 Å². The Labute approximate surface area is 136 Å². The van der Waals surface area contributed by atoms with Crippen LogP contribution in [0.15, 0.2) is 30.5 Å². The van der Waals surface area contributed by atoms with E-state index in [1.807, 2.05) is 38.1 Å². The van der Waals surface area contributed by atoms with Crippen LogP contribution in [0.4, 0.5) is 5.69 Å². The third-order valence-corrected chi connectivity index (χ3v) is 4.43. The van der Waals surface area contributed by atoms with Gasteiger partial charge in [-0.15, -0.1) is 0 Å². The molecule has 23 heavy (non-hydrogen) atoms. The van der Waals surface area contributed by atoms with E-state index in [0.29, 0.717) is 0 Å². The Bertz CT molecular complexity index is 725. The molecule has 1 aliphatic rings. The molecule has 0 fully saturated rings. The summed E-state index contributed by atoms with van der Waals surface area (Å²) >= 11 is 0. The number of amides is 1. The molecule has 1 aliphatic carbocycles. The molecule has 0 saturated heterocycles. The molecule has 3 rings (SSSR count). The number of hydrogen-bond donors (Lipinski definition) is 1. The molecule has 2 aromatic rings. The lowest BCUT2D eigenvalue weighted by Crippen LogP contribution is -2.21. The van der Waals surface area contributed by atoms with E-state index in [9.17, 15) is 4.79 Å². The smallest absolute Gasteiger partial charge is 0.262 e. The highest BCUT2D eigenvalue weighted by Crippen LogP contribution is 2.27. The molecule has 4 heteroatoms. The summed E-state index contributed by atoms with van der Waals surface area (Å²) in [7, 11) is 0. The third-order valence-electron chi connectivity index (χ3n) is 4.43. The van der Waals surface area contributed by atoms with Crippen LogP contribution in [0.5, 0.6) is 5.75 Å². The maximum Gasteiger partial charge on any atom is 0.262 e. The largest absolute Gasteiger partial charge is 0.483 e. The maximum absolute atomic E-state index is 12.2. The van der Waals surface area contributed by atoms with Gasteiger partial charge in [0.05, 0.1) is 0 Å². The Morgan fingerprint density at radius 1 is 1.22 bits per heavy atom. The van der Waals surface area contributed by atoms with Gasteiger partial charge < -0.3 is 10.1 Å². The summed E-state index contributed by atoms with van der Waals surface area (Å²) in [5.74, 6) is 0.658. The molecule has 0 unspecified atom stereocenters. The molecular formula is C19H22N2O2. The lowest BCUT2D eigenvalue weighted by atomic mass is 9.95. The van der Waals surface area contributed by atoms with Gasteiger partial charge >= 0.3 is 0 Å². The maximum atomic E-state index is 12.2. The molecule has 0 radical (unpaired) electrons. The van der Waals surface area contributed by atoms with Crippen LogP contribution in [-0.4, -0.2) is 17.5 Å². The van der Waals surface area contributed by atoms with Gasteiger partial charge in [0.2, 0.25) is 0 Å². The minimum absolute atomic E-state index is 0.0177. The zero-order chi connectivity index (χ0) is 16.2. The van der Waals surface area contributed by atoms with Crippen molar-refractivity contribution >= 4 is 11.6 Å². The fourth-order valence-electron chi connectivity index (χ4n) is 2.94. The van der Waals surface area contributed by atoms with E-state index in [4.69, 9.17) is 4.74 Å². The standard InChI is InChI=1S/C19H22N2O2/c1-13-6-5-9-16(14(13)2)21-19(22)12-23-18-10-11-20-17-8-4-3-7-15(17)18/h5-6,9-11H,3-4,7-8,12H2,1-2H3,(H,21,22). The summed E-state index contributed by atoms with van der Waals surface area (Å²) in [5.41, 5.74) is 5.37. The summed E-state index contributed by atoms with van der Waals surface area (Å²) in [6, 6.07) is 7.74. The monoisotopic (exact) mass is 310 g/mol. The first-order valence-corrected chi connectivity index (χ1v) is 8.11. The highest BCUT2D eigenvalue weighted by molar-refractivity contribution is 5.92. The van der Waals surface area contributed by atoms with Gasteiger partial charge in [0, 0.05) is 23.1 Å². The van der Waals surface area contributed by atoms with Crippen molar-refractivity contribution in [2.75, 3.05) is 11.9 Å². The molecule has 0 spiro atoms. The number of rotatable bonds is 4. The second-order valence-corrected chi connectivity index (χ2v) is 6.03. The number of ether oxygens (including phenoxy) is 1. The number of carbonyl (C=O) groups excluding carboxylic acids is 1. The van der Waals surface area contributed by atoms with Crippen molar-refractivity contribution in [3.8, 4) is 5.75 Å². The number of carbonyl (C=O) groups is 1. The molecule has 1 heterocycles. The number of benzene rings is 1. The van der Waals surface area contributed by atoms with E-state index in [-0.39, 0.29) is 12.5 Å². The fourth-order valence-corrected chi connectivity index (χ4v) is 2.94. The number of pyridine rings is 1. The van der Waals surface area contributed by atoms with E-state index in [1.54, 1.807) is 6.20 Å². The van der Waals surface area contributed by atoms with Gasteiger partial charge in [0.15, 0.2) is 6.61 Å². The number of hydrogen-bond acceptors (Lipinski definition) is 3. The first-order chi connectivity index (χ1) is 11.1. The Morgan fingerprint density at radius 2 is 2.04 bits per heavy atom. The van der Waals surface area contributed by atoms with Crippen molar-refractivity contribution in [2.24, 2.45) is 0 Å². The van der Waals surface area contributed by atoms with Crippen molar-refractivity contribution in [3.05, 3.63) is 52.8 Å². The lowest BCUT2D eigenvalue weighted by Gasteiger charge is -2.18. The van der Waals surface area contributed by atoms with Crippen LogP contribution in [0.3, 0.4) is 0 Å². The number of nitrogens with zero attached hydrogens (tertiary/aromatic N) is 1. The molecule has 4 nitrogen and oxygen atoms in total. The summed E-state index contributed by atoms with van der Waals surface area (Å²) in [4.78, 5) is 16.6. The Balaban J connectivity index is 1.65. The predicted octanol–water partition coefficient (Wildman–Crippen LogP) is 3.59. The number of nitrogens with one attached hydrogen (secondary N) is 1. The van der Waals surface area contributed by atoms with Crippen LogP contribution in [0.25, 0.3) is 0 Å². The first-order valence-electron chi connectivity index (χ1n) is 8.11. The van der Waals surface area contributed by atoms with Crippen molar-refractivity contribution in [2.45, 2.75) is 39.5 Å². The molecule has 1 aromatic heterocycles. The van der Waals surface area contributed by atoms with Gasteiger partial charge in [-0.3, -0.25) is 9.78 Å². The number of fused-ring (bicyclic) bond motifs is 1. The second-order valence-electron chi connectivity index (χ2n) is 6.03. The molecule has 1 aromatic carbocycles. The summed E-state index contributed by atoms with van der Waals surface area (Å²) in [6.45, 7) is 4.06. The van der Waals surface area contributed by atoms with Gasteiger partial charge in [0.25, 0.3) is 5.91 Å².